The summed E-state index contributed by atoms with van der Waals surface area (Å²) in [6, 6.07) is 8.34. The minimum absolute atomic E-state index is 0.0619. The molecule has 1 unspecified atom stereocenters. The number of nitrogens with one attached hydrogen (secondary N) is 1. The van der Waals surface area contributed by atoms with Gasteiger partial charge in [0.05, 0.1) is 24.4 Å². The maximum Gasteiger partial charge on any atom is 0.119 e. The summed E-state index contributed by atoms with van der Waals surface area (Å²) < 4.78 is 11.2. The van der Waals surface area contributed by atoms with Gasteiger partial charge in [0.1, 0.15) is 5.75 Å². The van der Waals surface area contributed by atoms with Crippen molar-refractivity contribution in [1.29, 1.82) is 0 Å². The van der Waals surface area contributed by atoms with E-state index in [2.05, 4.69) is 33.0 Å². The van der Waals surface area contributed by atoms with E-state index in [1.54, 1.807) is 7.11 Å². The van der Waals surface area contributed by atoms with Gasteiger partial charge in [-0.3, -0.25) is 0 Å². The summed E-state index contributed by atoms with van der Waals surface area (Å²) >= 11 is 0. The van der Waals surface area contributed by atoms with Gasteiger partial charge < -0.3 is 14.8 Å². The summed E-state index contributed by atoms with van der Waals surface area (Å²) in [7, 11) is 1.68. The molecule has 1 fully saturated rings. The lowest BCUT2D eigenvalue weighted by molar-refractivity contribution is -0.0662. The Kier molecular flexibility index (Phi) is 3.28. The first-order valence-electron chi connectivity index (χ1n) is 6.43. The average molecular weight is 249 g/mol. The molecular formula is C15H23NO2. The van der Waals surface area contributed by atoms with Crippen LogP contribution in [0.1, 0.15) is 34.1 Å². The Bertz CT molecular complexity index is 409. The molecule has 3 heteroatoms. The van der Waals surface area contributed by atoms with Crippen LogP contribution in [0.15, 0.2) is 24.3 Å². The molecule has 100 valence electrons. The molecule has 0 radical (unpaired) electrons. The second-order valence-corrected chi connectivity index (χ2v) is 6.09. The highest BCUT2D eigenvalue weighted by atomic mass is 16.5. The predicted molar refractivity (Wildman–Crippen MR) is 74.3 cm³/mol. The first-order valence-corrected chi connectivity index (χ1v) is 6.43. The van der Waals surface area contributed by atoms with E-state index in [1.807, 2.05) is 24.3 Å². The van der Waals surface area contributed by atoms with Crippen LogP contribution in [0, 0.1) is 0 Å². The first-order chi connectivity index (χ1) is 8.32. The normalized spacial score (nSPS) is 24.8. The molecule has 1 aromatic rings. The van der Waals surface area contributed by atoms with Gasteiger partial charge in [0.2, 0.25) is 0 Å². The molecule has 1 aliphatic heterocycles. The molecule has 1 aromatic carbocycles. The van der Waals surface area contributed by atoms with E-state index in [9.17, 15) is 0 Å². The highest BCUT2D eigenvalue weighted by Crippen LogP contribution is 2.38. The molecule has 18 heavy (non-hydrogen) atoms. The van der Waals surface area contributed by atoms with Crippen molar-refractivity contribution in [3.05, 3.63) is 24.3 Å². The number of rotatable bonds is 3. The molecule has 1 heterocycles. The summed E-state index contributed by atoms with van der Waals surface area (Å²) in [5.41, 5.74) is 0.895. The van der Waals surface area contributed by atoms with Gasteiger partial charge in [0, 0.05) is 5.69 Å². The van der Waals surface area contributed by atoms with Crippen molar-refractivity contribution in [3.63, 3.8) is 0 Å². The van der Waals surface area contributed by atoms with Crippen molar-refractivity contribution in [2.45, 2.75) is 51.4 Å². The molecule has 0 saturated carbocycles. The molecule has 1 N–H and O–H groups in total. The Hall–Kier alpha value is -1.22. The molecular weight excluding hydrogens is 226 g/mol. The van der Waals surface area contributed by atoms with E-state index in [0.29, 0.717) is 6.04 Å². The van der Waals surface area contributed by atoms with Crippen LogP contribution in [0.25, 0.3) is 0 Å². The van der Waals surface area contributed by atoms with Crippen LogP contribution in [0.3, 0.4) is 0 Å². The molecule has 0 amide bonds. The van der Waals surface area contributed by atoms with Crippen LogP contribution >= 0.6 is 0 Å². The van der Waals surface area contributed by atoms with Crippen molar-refractivity contribution in [2.75, 3.05) is 12.4 Å². The Morgan fingerprint density at radius 3 is 2.22 bits per heavy atom. The summed E-state index contributed by atoms with van der Waals surface area (Å²) in [5.74, 6) is 0.878. The number of benzene rings is 1. The van der Waals surface area contributed by atoms with Crippen LogP contribution in [-0.2, 0) is 4.74 Å². The van der Waals surface area contributed by atoms with E-state index in [1.165, 1.54) is 0 Å². The van der Waals surface area contributed by atoms with Crippen molar-refractivity contribution >= 4 is 5.69 Å². The molecule has 3 nitrogen and oxygen atoms in total. The molecule has 1 saturated heterocycles. The highest BCUT2D eigenvalue weighted by molar-refractivity contribution is 5.47. The molecule has 0 spiro atoms. The van der Waals surface area contributed by atoms with Crippen molar-refractivity contribution in [2.24, 2.45) is 0 Å². The van der Waals surface area contributed by atoms with E-state index in [0.717, 1.165) is 17.9 Å². The van der Waals surface area contributed by atoms with Crippen molar-refractivity contribution in [1.82, 2.24) is 0 Å². The summed E-state index contributed by atoms with van der Waals surface area (Å²) in [6.45, 7) is 8.57. The average Bonchev–Trinajstić information content (AvgIpc) is 2.48. The molecule has 0 aromatic heterocycles. The summed E-state index contributed by atoms with van der Waals surface area (Å²) in [4.78, 5) is 0. The second kappa shape index (κ2) is 4.47. The fraction of sp³-hybridized carbons (Fsp3) is 0.600. The second-order valence-electron chi connectivity index (χ2n) is 6.09. The Morgan fingerprint density at radius 2 is 1.78 bits per heavy atom. The van der Waals surface area contributed by atoms with Gasteiger partial charge in [0.25, 0.3) is 0 Å². The number of methoxy groups -OCH3 is 1. The zero-order valence-corrected chi connectivity index (χ0v) is 11.9. The Labute approximate surface area is 109 Å². The molecule has 1 aliphatic rings. The van der Waals surface area contributed by atoms with E-state index in [-0.39, 0.29) is 11.2 Å². The van der Waals surface area contributed by atoms with Gasteiger partial charge in [-0.1, -0.05) is 0 Å². The number of hydrogen-bond donors (Lipinski definition) is 1. The molecule has 0 bridgehead atoms. The fourth-order valence-electron chi connectivity index (χ4n) is 2.68. The lowest BCUT2D eigenvalue weighted by atomic mass is 9.94. The maximum atomic E-state index is 6.08. The van der Waals surface area contributed by atoms with Crippen LogP contribution < -0.4 is 10.1 Å². The topological polar surface area (TPSA) is 30.5 Å². The first kappa shape index (κ1) is 13.2. The number of anilines is 1. The largest absolute Gasteiger partial charge is 0.497 e. The molecule has 1 atom stereocenters. The van der Waals surface area contributed by atoms with Crippen LogP contribution in [-0.4, -0.2) is 24.4 Å². The molecule has 2 rings (SSSR count). The van der Waals surface area contributed by atoms with Gasteiger partial charge in [-0.25, -0.2) is 0 Å². The molecule has 0 aliphatic carbocycles. The Morgan fingerprint density at radius 1 is 1.17 bits per heavy atom. The van der Waals surface area contributed by atoms with Gasteiger partial charge in [-0.15, -0.1) is 0 Å². The maximum absolute atomic E-state index is 6.08. The van der Waals surface area contributed by atoms with Crippen LogP contribution in [0.5, 0.6) is 5.75 Å². The van der Waals surface area contributed by atoms with Gasteiger partial charge in [-0.2, -0.15) is 0 Å². The van der Waals surface area contributed by atoms with Crippen LogP contribution in [0.2, 0.25) is 0 Å². The summed E-state index contributed by atoms with van der Waals surface area (Å²) in [6.07, 6.45) is 1.01. The lowest BCUT2D eigenvalue weighted by Gasteiger charge is -2.28. The zero-order valence-electron chi connectivity index (χ0n) is 11.9. The predicted octanol–water partition coefficient (Wildman–Crippen LogP) is 3.45. The third kappa shape index (κ3) is 2.78. The van der Waals surface area contributed by atoms with Gasteiger partial charge in [-0.05, 0) is 58.4 Å². The summed E-state index contributed by atoms with van der Waals surface area (Å²) in [5, 5.41) is 3.56. The van der Waals surface area contributed by atoms with Crippen molar-refractivity contribution < 1.29 is 9.47 Å². The third-order valence-corrected chi connectivity index (χ3v) is 3.51. The highest BCUT2D eigenvalue weighted by Gasteiger charge is 2.45. The zero-order chi connectivity index (χ0) is 13.4. The van der Waals surface area contributed by atoms with E-state index >= 15 is 0 Å². The standard InChI is InChI=1S/C15H23NO2/c1-14(2)10-13(15(3,4)18-14)16-11-6-8-12(17-5)9-7-11/h6-9,13,16H,10H2,1-5H3. The van der Waals surface area contributed by atoms with Crippen molar-refractivity contribution in [3.8, 4) is 5.75 Å². The SMILES string of the molecule is COc1ccc(NC2CC(C)(C)OC2(C)C)cc1. The van der Waals surface area contributed by atoms with E-state index in [4.69, 9.17) is 9.47 Å². The van der Waals surface area contributed by atoms with Gasteiger partial charge >= 0.3 is 0 Å². The van der Waals surface area contributed by atoms with Gasteiger partial charge in [0.15, 0.2) is 0 Å². The number of hydrogen-bond acceptors (Lipinski definition) is 3. The minimum atomic E-state index is -0.149. The quantitative estimate of drug-likeness (QED) is 0.890. The number of ether oxygens (including phenoxy) is 2. The lowest BCUT2D eigenvalue weighted by Crippen LogP contribution is -2.38. The van der Waals surface area contributed by atoms with Crippen LogP contribution in [0.4, 0.5) is 5.69 Å². The smallest absolute Gasteiger partial charge is 0.119 e. The third-order valence-electron chi connectivity index (χ3n) is 3.51. The minimum Gasteiger partial charge on any atom is -0.497 e. The van der Waals surface area contributed by atoms with E-state index < -0.39 is 0 Å². The Balaban J connectivity index is 2.09. The monoisotopic (exact) mass is 249 g/mol. The fourth-order valence-corrected chi connectivity index (χ4v) is 2.68.